The van der Waals surface area contributed by atoms with Crippen LogP contribution < -0.4 is 5.32 Å². The molecular formula is C17H13N3O. The standard InChI is InChI=1S/C17H13N3O/c1-11-14-7-2-3-8-15(14)20-16(11)17(21)19-13-6-4-5-12(9-13)10-18/h2-9,20H,1H3,(H,19,21). The van der Waals surface area contributed by atoms with Crippen LogP contribution in [-0.4, -0.2) is 10.9 Å². The van der Waals surface area contributed by atoms with Crippen molar-refractivity contribution in [3.05, 3.63) is 65.4 Å². The summed E-state index contributed by atoms with van der Waals surface area (Å²) in [7, 11) is 0. The summed E-state index contributed by atoms with van der Waals surface area (Å²) in [5.41, 5.74) is 3.52. The number of para-hydroxylation sites is 1. The lowest BCUT2D eigenvalue weighted by Gasteiger charge is -2.05. The van der Waals surface area contributed by atoms with Gasteiger partial charge in [-0.15, -0.1) is 0 Å². The number of rotatable bonds is 2. The summed E-state index contributed by atoms with van der Waals surface area (Å²) < 4.78 is 0. The van der Waals surface area contributed by atoms with Crippen molar-refractivity contribution in [3.8, 4) is 6.07 Å². The molecule has 2 N–H and O–H groups in total. The molecule has 4 nitrogen and oxygen atoms in total. The first-order chi connectivity index (χ1) is 10.2. The lowest BCUT2D eigenvalue weighted by Crippen LogP contribution is -2.13. The molecule has 0 aliphatic carbocycles. The molecule has 1 heterocycles. The Balaban J connectivity index is 1.94. The fraction of sp³-hybridized carbons (Fsp3) is 0.0588. The van der Waals surface area contributed by atoms with Gasteiger partial charge in [-0.05, 0) is 36.8 Å². The predicted molar refractivity (Wildman–Crippen MR) is 82.1 cm³/mol. The molecule has 3 rings (SSSR count). The second-order valence-electron chi connectivity index (χ2n) is 4.82. The number of anilines is 1. The van der Waals surface area contributed by atoms with E-state index in [4.69, 9.17) is 5.26 Å². The van der Waals surface area contributed by atoms with Gasteiger partial charge in [0.2, 0.25) is 0 Å². The maximum absolute atomic E-state index is 12.4. The number of aromatic amines is 1. The third-order valence-corrected chi connectivity index (χ3v) is 3.44. The van der Waals surface area contributed by atoms with E-state index in [1.165, 1.54) is 0 Å². The van der Waals surface area contributed by atoms with Gasteiger partial charge in [-0.25, -0.2) is 0 Å². The van der Waals surface area contributed by atoms with E-state index in [0.717, 1.165) is 16.5 Å². The fourth-order valence-electron chi connectivity index (χ4n) is 2.37. The first-order valence-corrected chi connectivity index (χ1v) is 6.58. The Kier molecular flexibility index (Phi) is 3.17. The third kappa shape index (κ3) is 2.37. The molecule has 2 aromatic carbocycles. The Labute approximate surface area is 122 Å². The number of carbonyl (C=O) groups is 1. The number of nitriles is 1. The minimum atomic E-state index is -0.209. The molecule has 0 spiro atoms. The van der Waals surface area contributed by atoms with Crippen molar-refractivity contribution < 1.29 is 4.79 Å². The molecule has 3 aromatic rings. The van der Waals surface area contributed by atoms with Crippen LogP contribution in [0.25, 0.3) is 10.9 Å². The summed E-state index contributed by atoms with van der Waals surface area (Å²) in [6, 6.07) is 16.7. The smallest absolute Gasteiger partial charge is 0.272 e. The van der Waals surface area contributed by atoms with Crippen LogP contribution >= 0.6 is 0 Å². The number of nitrogens with one attached hydrogen (secondary N) is 2. The van der Waals surface area contributed by atoms with Crippen molar-refractivity contribution >= 4 is 22.5 Å². The molecule has 0 aliphatic heterocycles. The maximum Gasteiger partial charge on any atom is 0.272 e. The zero-order valence-corrected chi connectivity index (χ0v) is 11.5. The van der Waals surface area contributed by atoms with E-state index in [9.17, 15) is 4.79 Å². The Hall–Kier alpha value is -3.06. The van der Waals surface area contributed by atoms with Gasteiger partial charge in [-0.2, -0.15) is 5.26 Å². The molecule has 102 valence electrons. The number of benzene rings is 2. The summed E-state index contributed by atoms with van der Waals surface area (Å²) in [4.78, 5) is 15.5. The monoisotopic (exact) mass is 275 g/mol. The molecule has 0 aliphatic rings. The van der Waals surface area contributed by atoms with Gasteiger partial charge < -0.3 is 10.3 Å². The summed E-state index contributed by atoms with van der Waals surface area (Å²) >= 11 is 0. The number of nitrogens with zero attached hydrogens (tertiary/aromatic N) is 1. The SMILES string of the molecule is Cc1c(C(=O)Nc2cccc(C#N)c2)[nH]c2ccccc12. The number of hydrogen-bond acceptors (Lipinski definition) is 2. The van der Waals surface area contributed by atoms with Crippen molar-refractivity contribution in [2.24, 2.45) is 0 Å². The van der Waals surface area contributed by atoms with Crippen LogP contribution in [0.4, 0.5) is 5.69 Å². The molecule has 0 atom stereocenters. The fourth-order valence-corrected chi connectivity index (χ4v) is 2.37. The normalized spacial score (nSPS) is 10.3. The lowest BCUT2D eigenvalue weighted by atomic mass is 10.1. The maximum atomic E-state index is 12.4. The number of hydrogen-bond donors (Lipinski definition) is 2. The van der Waals surface area contributed by atoms with Crippen LogP contribution in [0, 0.1) is 18.3 Å². The van der Waals surface area contributed by atoms with E-state index in [-0.39, 0.29) is 5.91 Å². The van der Waals surface area contributed by atoms with Crippen molar-refractivity contribution in [2.45, 2.75) is 6.92 Å². The van der Waals surface area contributed by atoms with E-state index in [1.807, 2.05) is 31.2 Å². The highest BCUT2D eigenvalue weighted by Gasteiger charge is 2.14. The minimum Gasteiger partial charge on any atom is -0.350 e. The molecule has 0 saturated heterocycles. The third-order valence-electron chi connectivity index (χ3n) is 3.44. The number of aromatic nitrogens is 1. The average Bonchev–Trinajstić information content (AvgIpc) is 2.85. The number of fused-ring (bicyclic) bond motifs is 1. The van der Waals surface area contributed by atoms with Gasteiger partial charge in [0.15, 0.2) is 0 Å². The van der Waals surface area contributed by atoms with E-state index in [0.29, 0.717) is 16.9 Å². The highest BCUT2D eigenvalue weighted by molar-refractivity contribution is 6.07. The summed E-state index contributed by atoms with van der Waals surface area (Å²) in [5.74, 6) is -0.209. The van der Waals surface area contributed by atoms with Gasteiger partial charge in [0, 0.05) is 16.6 Å². The number of aryl methyl sites for hydroxylation is 1. The number of H-pyrrole nitrogens is 1. The molecule has 0 fully saturated rings. The van der Waals surface area contributed by atoms with Crippen molar-refractivity contribution in [1.29, 1.82) is 5.26 Å². The van der Waals surface area contributed by atoms with Gasteiger partial charge in [0.05, 0.1) is 11.6 Å². The van der Waals surface area contributed by atoms with Gasteiger partial charge in [-0.3, -0.25) is 4.79 Å². The zero-order chi connectivity index (χ0) is 14.8. The van der Waals surface area contributed by atoms with Crippen molar-refractivity contribution in [3.63, 3.8) is 0 Å². The molecule has 0 saturated carbocycles. The molecule has 4 heteroatoms. The summed E-state index contributed by atoms with van der Waals surface area (Å²) in [5, 5.41) is 12.7. The Morgan fingerprint density at radius 2 is 2.00 bits per heavy atom. The van der Waals surface area contributed by atoms with Crippen LogP contribution in [0.15, 0.2) is 48.5 Å². The summed E-state index contributed by atoms with van der Waals surface area (Å²) in [6.07, 6.45) is 0. The highest BCUT2D eigenvalue weighted by Crippen LogP contribution is 2.22. The van der Waals surface area contributed by atoms with E-state index < -0.39 is 0 Å². The van der Waals surface area contributed by atoms with Gasteiger partial charge in [0.1, 0.15) is 5.69 Å². The molecule has 0 radical (unpaired) electrons. The lowest BCUT2D eigenvalue weighted by molar-refractivity contribution is 0.102. The Morgan fingerprint density at radius 3 is 2.76 bits per heavy atom. The predicted octanol–water partition coefficient (Wildman–Crippen LogP) is 3.60. The van der Waals surface area contributed by atoms with Gasteiger partial charge >= 0.3 is 0 Å². The topological polar surface area (TPSA) is 68.7 Å². The molecule has 1 aromatic heterocycles. The number of carbonyl (C=O) groups excluding carboxylic acids is 1. The first kappa shape index (κ1) is 12.9. The largest absolute Gasteiger partial charge is 0.350 e. The molecule has 0 unspecified atom stereocenters. The van der Waals surface area contributed by atoms with E-state index in [1.54, 1.807) is 24.3 Å². The quantitative estimate of drug-likeness (QED) is 0.750. The van der Waals surface area contributed by atoms with Gasteiger partial charge in [-0.1, -0.05) is 24.3 Å². The molecule has 1 amide bonds. The van der Waals surface area contributed by atoms with Crippen LogP contribution in [0.2, 0.25) is 0 Å². The van der Waals surface area contributed by atoms with Crippen molar-refractivity contribution in [1.82, 2.24) is 4.98 Å². The summed E-state index contributed by atoms with van der Waals surface area (Å²) in [6.45, 7) is 1.92. The number of amides is 1. The Bertz CT molecular complexity index is 871. The van der Waals surface area contributed by atoms with E-state index in [2.05, 4.69) is 16.4 Å². The van der Waals surface area contributed by atoms with Crippen LogP contribution in [0.3, 0.4) is 0 Å². The Morgan fingerprint density at radius 1 is 1.19 bits per heavy atom. The second kappa shape index (κ2) is 5.14. The second-order valence-corrected chi connectivity index (χ2v) is 4.82. The van der Waals surface area contributed by atoms with Crippen LogP contribution in [0.1, 0.15) is 21.6 Å². The van der Waals surface area contributed by atoms with Crippen molar-refractivity contribution in [2.75, 3.05) is 5.32 Å². The molecule has 21 heavy (non-hydrogen) atoms. The van der Waals surface area contributed by atoms with E-state index >= 15 is 0 Å². The first-order valence-electron chi connectivity index (χ1n) is 6.58. The molecule has 0 bridgehead atoms. The van der Waals surface area contributed by atoms with Crippen LogP contribution in [-0.2, 0) is 0 Å². The zero-order valence-electron chi connectivity index (χ0n) is 11.5. The van der Waals surface area contributed by atoms with Crippen LogP contribution in [0.5, 0.6) is 0 Å². The highest BCUT2D eigenvalue weighted by atomic mass is 16.1. The molecular weight excluding hydrogens is 262 g/mol. The average molecular weight is 275 g/mol. The van der Waals surface area contributed by atoms with Gasteiger partial charge in [0.25, 0.3) is 5.91 Å². The minimum absolute atomic E-state index is 0.209.